The second-order valence-corrected chi connectivity index (χ2v) is 5.37. The van der Waals surface area contributed by atoms with E-state index in [1.54, 1.807) is 0 Å². The molecule has 0 aliphatic carbocycles. The largest absolute Gasteiger partial charge is 0.391 e. The molecular formula is C15H22ClN3O. The maximum absolute atomic E-state index is 9.61. The number of rotatable bonds is 4. The molecule has 1 atom stereocenters. The number of aliphatic hydroxyl groups is 1. The third-order valence-corrected chi connectivity index (χ3v) is 3.77. The van der Waals surface area contributed by atoms with Gasteiger partial charge in [0, 0.05) is 31.2 Å². The average molecular weight is 296 g/mol. The van der Waals surface area contributed by atoms with Gasteiger partial charge in [-0.05, 0) is 31.4 Å². The van der Waals surface area contributed by atoms with Crippen molar-refractivity contribution in [3.05, 3.63) is 34.9 Å². The lowest BCUT2D eigenvalue weighted by Gasteiger charge is -2.20. The van der Waals surface area contributed by atoms with Crippen LogP contribution in [-0.2, 0) is 6.42 Å². The first-order chi connectivity index (χ1) is 9.70. The zero-order valence-electron chi connectivity index (χ0n) is 11.8. The number of nitrogens with zero attached hydrogens (tertiary/aromatic N) is 2. The Hall–Kier alpha value is -1.26. The van der Waals surface area contributed by atoms with Crippen LogP contribution in [0, 0.1) is 0 Å². The van der Waals surface area contributed by atoms with Crippen molar-refractivity contribution in [2.75, 3.05) is 26.2 Å². The summed E-state index contributed by atoms with van der Waals surface area (Å²) in [4.78, 5) is 6.74. The summed E-state index contributed by atoms with van der Waals surface area (Å²) in [7, 11) is 0. The van der Waals surface area contributed by atoms with Crippen LogP contribution in [0.25, 0.3) is 0 Å². The molecule has 2 rings (SSSR count). The maximum Gasteiger partial charge on any atom is 0.194 e. The van der Waals surface area contributed by atoms with Gasteiger partial charge >= 0.3 is 0 Å². The third-order valence-electron chi connectivity index (χ3n) is 3.40. The first kappa shape index (κ1) is 15.1. The number of nitrogens with one attached hydrogen (secondary N) is 1. The summed E-state index contributed by atoms with van der Waals surface area (Å²) in [6.45, 7) is 5.10. The fourth-order valence-electron chi connectivity index (χ4n) is 2.34. The van der Waals surface area contributed by atoms with E-state index in [0.717, 1.165) is 42.5 Å². The lowest BCUT2D eigenvalue weighted by Crippen LogP contribution is -2.40. The summed E-state index contributed by atoms with van der Waals surface area (Å²) in [6, 6.07) is 7.87. The van der Waals surface area contributed by atoms with Crippen LogP contribution in [0.1, 0.15) is 18.9 Å². The second kappa shape index (κ2) is 7.50. The highest BCUT2D eigenvalue weighted by molar-refractivity contribution is 6.31. The monoisotopic (exact) mass is 295 g/mol. The smallest absolute Gasteiger partial charge is 0.194 e. The lowest BCUT2D eigenvalue weighted by molar-refractivity contribution is 0.188. The number of likely N-dealkylation sites (tertiary alicyclic amines) is 1. The van der Waals surface area contributed by atoms with E-state index in [1.807, 2.05) is 24.3 Å². The van der Waals surface area contributed by atoms with Gasteiger partial charge in [-0.1, -0.05) is 29.8 Å². The quantitative estimate of drug-likeness (QED) is 0.659. The Morgan fingerprint density at radius 3 is 2.95 bits per heavy atom. The van der Waals surface area contributed by atoms with Crippen LogP contribution in [-0.4, -0.2) is 48.2 Å². The van der Waals surface area contributed by atoms with Gasteiger partial charge in [0.15, 0.2) is 5.96 Å². The molecule has 1 saturated heterocycles. The Bertz CT molecular complexity index is 464. The predicted octanol–water partition coefficient (Wildman–Crippen LogP) is 1.91. The molecule has 0 saturated carbocycles. The molecule has 5 heteroatoms. The van der Waals surface area contributed by atoms with E-state index in [2.05, 4.69) is 22.1 Å². The lowest BCUT2D eigenvalue weighted by atomic mass is 10.1. The van der Waals surface area contributed by atoms with E-state index in [4.69, 9.17) is 11.6 Å². The molecule has 110 valence electrons. The maximum atomic E-state index is 9.61. The van der Waals surface area contributed by atoms with Crippen molar-refractivity contribution in [1.82, 2.24) is 10.2 Å². The first-order valence-electron chi connectivity index (χ1n) is 7.15. The molecule has 0 amide bonds. The van der Waals surface area contributed by atoms with Crippen molar-refractivity contribution in [2.24, 2.45) is 4.99 Å². The molecule has 1 fully saturated rings. The molecule has 4 nitrogen and oxygen atoms in total. The zero-order valence-corrected chi connectivity index (χ0v) is 12.6. The second-order valence-electron chi connectivity index (χ2n) is 4.97. The average Bonchev–Trinajstić information content (AvgIpc) is 2.86. The summed E-state index contributed by atoms with van der Waals surface area (Å²) >= 11 is 6.14. The zero-order chi connectivity index (χ0) is 14.4. The standard InChI is InChI=1S/C15H22ClN3O/c1-2-17-15(19-10-8-13(20)11-19)18-9-7-12-5-3-4-6-14(12)16/h3-6,13,20H,2,7-11H2,1H3,(H,17,18)/t13-/m1/s1. The van der Waals surface area contributed by atoms with Crippen LogP contribution in [0.3, 0.4) is 0 Å². The van der Waals surface area contributed by atoms with Gasteiger partial charge in [-0.2, -0.15) is 0 Å². The highest BCUT2D eigenvalue weighted by Crippen LogP contribution is 2.15. The van der Waals surface area contributed by atoms with Gasteiger partial charge in [0.2, 0.25) is 0 Å². The van der Waals surface area contributed by atoms with Gasteiger partial charge in [-0.25, -0.2) is 0 Å². The molecule has 2 N–H and O–H groups in total. The number of halogens is 1. The fraction of sp³-hybridized carbons (Fsp3) is 0.533. The van der Waals surface area contributed by atoms with E-state index < -0.39 is 0 Å². The number of aliphatic imine (C=N–C) groups is 1. The number of benzene rings is 1. The molecule has 1 heterocycles. The minimum Gasteiger partial charge on any atom is -0.391 e. The predicted molar refractivity (Wildman–Crippen MR) is 83.3 cm³/mol. The highest BCUT2D eigenvalue weighted by Gasteiger charge is 2.22. The van der Waals surface area contributed by atoms with Crippen LogP contribution >= 0.6 is 11.6 Å². The van der Waals surface area contributed by atoms with Gasteiger partial charge in [0.05, 0.1) is 6.10 Å². The van der Waals surface area contributed by atoms with Gasteiger partial charge in [-0.15, -0.1) is 0 Å². The Morgan fingerprint density at radius 2 is 2.30 bits per heavy atom. The van der Waals surface area contributed by atoms with Crippen molar-refractivity contribution in [3.63, 3.8) is 0 Å². The molecule has 20 heavy (non-hydrogen) atoms. The Balaban J connectivity index is 1.94. The van der Waals surface area contributed by atoms with Gasteiger partial charge in [0.1, 0.15) is 0 Å². The molecule has 1 aromatic carbocycles. The minimum atomic E-state index is -0.234. The summed E-state index contributed by atoms with van der Waals surface area (Å²) in [6.07, 6.45) is 1.40. The van der Waals surface area contributed by atoms with Crippen LogP contribution in [0.2, 0.25) is 5.02 Å². The van der Waals surface area contributed by atoms with E-state index in [-0.39, 0.29) is 6.10 Å². The van der Waals surface area contributed by atoms with Crippen LogP contribution in [0.5, 0.6) is 0 Å². The minimum absolute atomic E-state index is 0.234. The fourth-order valence-corrected chi connectivity index (χ4v) is 2.57. The first-order valence-corrected chi connectivity index (χ1v) is 7.53. The molecule has 0 unspecified atom stereocenters. The molecule has 0 aromatic heterocycles. The highest BCUT2D eigenvalue weighted by atomic mass is 35.5. The topological polar surface area (TPSA) is 47.9 Å². The normalized spacial score (nSPS) is 19.4. The number of aliphatic hydroxyl groups excluding tert-OH is 1. The number of hydrogen-bond acceptors (Lipinski definition) is 2. The van der Waals surface area contributed by atoms with Crippen molar-refractivity contribution in [1.29, 1.82) is 0 Å². The van der Waals surface area contributed by atoms with E-state index in [9.17, 15) is 5.11 Å². The Kier molecular flexibility index (Phi) is 5.68. The summed E-state index contributed by atoms with van der Waals surface area (Å²) in [5, 5.41) is 13.7. The van der Waals surface area contributed by atoms with Gasteiger partial charge in [-0.3, -0.25) is 4.99 Å². The van der Waals surface area contributed by atoms with E-state index >= 15 is 0 Å². The van der Waals surface area contributed by atoms with Gasteiger partial charge < -0.3 is 15.3 Å². The summed E-state index contributed by atoms with van der Waals surface area (Å²) in [5.74, 6) is 0.885. The Labute approximate surface area is 125 Å². The van der Waals surface area contributed by atoms with Crippen molar-refractivity contribution < 1.29 is 5.11 Å². The molecule has 0 radical (unpaired) electrons. The molecule has 1 aliphatic heterocycles. The third kappa shape index (κ3) is 4.12. The molecular weight excluding hydrogens is 274 g/mol. The summed E-state index contributed by atoms with van der Waals surface area (Å²) in [5.41, 5.74) is 1.12. The van der Waals surface area contributed by atoms with E-state index in [0.29, 0.717) is 13.1 Å². The van der Waals surface area contributed by atoms with Crippen molar-refractivity contribution in [2.45, 2.75) is 25.9 Å². The van der Waals surface area contributed by atoms with Crippen LogP contribution in [0.4, 0.5) is 0 Å². The number of guanidine groups is 1. The van der Waals surface area contributed by atoms with Gasteiger partial charge in [0.25, 0.3) is 0 Å². The van der Waals surface area contributed by atoms with Crippen LogP contribution < -0.4 is 5.32 Å². The molecule has 1 aromatic rings. The SMILES string of the molecule is CCNC(=NCCc1ccccc1Cl)N1CC[C@@H](O)C1. The molecule has 0 spiro atoms. The number of hydrogen-bond donors (Lipinski definition) is 2. The summed E-state index contributed by atoms with van der Waals surface area (Å²) < 4.78 is 0. The molecule has 0 bridgehead atoms. The number of β-amino-alcohol motifs (C(OH)–C–C–N with tert-alkyl or cyclic N) is 1. The molecule has 1 aliphatic rings. The van der Waals surface area contributed by atoms with E-state index in [1.165, 1.54) is 0 Å². The van der Waals surface area contributed by atoms with Crippen molar-refractivity contribution >= 4 is 17.6 Å². The Morgan fingerprint density at radius 1 is 1.50 bits per heavy atom. The van der Waals surface area contributed by atoms with Crippen molar-refractivity contribution in [3.8, 4) is 0 Å². The van der Waals surface area contributed by atoms with Crippen LogP contribution in [0.15, 0.2) is 29.3 Å².